The molecule has 0 aromatic rings. The van der Waals surface area contributed by atoms with Crippen LogP contribution in [-0.2, 0) is 0 Å². The summed E-state index contributed by atoms with van der Waals surface area (Å²) in [5.74, 6) is 5.65. The number of nitrogens with zero attached hydrogens (tertiary/aromatic N) is 1. The van der Waals surface area contributed by atoms with Gasteiger partial charge >= 0.3 is 0 Å². The number of oxime groups is 1. The van der Waals surface area contributed by atoms with Crippen LogP contribution in [0.3, 0.4) is 0 Å². The maximum absolute atomic E-state index is 11.0. The first-order valence-corrected chi connectivity index (χ1v) is 9.70. The van der Waals surface area contributed by atoms with Crippen molar-refractivity contribution in [2.75, 3.05) is 0 Å². The highest BCUT2D eigenvalue weighted by atomic mass is 16.4. The van der Waals surface area contributed by atoms with Gasteiger partial charge in [-0.2, -0.15) is 0 Å². The van der Waals surface area contributed by atoms with E-state index in [0.717, 1.165) is 37.8 Å². The fraction of sp³-hybridized carbons (Fsp3) is 0.762. The molecular weight excluding hydrogens is 298 g/mol. The van der Waals surface area contributed by atoms with Gasteiger partial charge in [-0.1, -0.05) is 17.7 Å². The summed E-state index contributed by atoms with van der Waals surface area (Å²) in [5.41, 5.74) is 2.36. The van der Waals surface area contributed by atoms with Crippen LogP contribution in [0.5, 0.6) is 0 Å². The molecule has 2 N–H and O–H groups in total. The summed E-state index contributed by atoms with van der Waals surface area (Å²) in [6.07, 6.45) is 16.3. The molecule has 0 aromatic carbocycles. The third-order valence-corrected chi connectivity index (χ3v) is 8.03. The van der Waals surface area contributed by atoms with E-state index in [1.54, 1.807) is 0 Å². The van der Waals surface area contributed by atoms with Gasteiger partial charge in [-0.25, -0.2) is 0 Å². The molecule has 0 saturated heterocycles. The van der Waals surface area contributed by atoms with Crippen LogP contribution in [-0.4, -0.2) is 22.1 Å². The molecule has 1 unspecified atom stereocenters. The number of hydrogen-bond acceptors (Lipinski definition) is 3. The van der Waals surface area contributed by atoms with E-state index >= 15 is 0 Å². The topological polar surface area (TPSA) is 52.8 Å². The van der Waals surface area contributed by atoms with Crippen molar-refractivity contribution in [1.82, 2.24) is 0 Å². The summed E-state index contributed by atoms with van der Waals surface area (Å²) in [7, 11) is 0. The minimum atomic E-state index is -0.261. The largest absolute Gasteiger partial charge is 0.411 e. The Morgan fingerprint density at radius 1 is 1.33 bits per heavy atom. The van der Waals surface area contributed by atoms with E-state index < -0.39 is 0 Å². The van der Waals surface area contributed by atoms with Crippen LogP contribution in [0.1, 0.15) is 58.3 Å². The summed E-state index contributed by atoms with van der Waals surface area (Å²) in [6.45, 7) is 2.30. The highest BCUT2D eigenvalue weighted by Gasteiger charge is 2.59. The fourth-order valence-electron chi connectivity index (χ4n) is 7.04. The van der Waals surface area contributed by atoms with Crippen molar-refractivity contribution in [3.63, 3.8) is 0 Å². The van der Waals surface area contributed by atoms with Gasteiger partial charge < -0.3 is 10.3 Å². The second-order valence-electron chi connectivity index (χ2n) is 8.50. The van der Waals surface area contributed by atoms with Gasteiger partial charge in [0.05, 0.1) is 11.8 Å². The Morgan fingerprint density at radius 3 is 2.88 bits per heavy atom. The van der Waals surface area contributed by atoms with Gasteiger partial charge in [0.15, 0.2) is 0 Å². The fourth-order valence-corrected chi connectivity index (χ4v) is 7.04. The van der Waals surface area contributed by atoms with Gasteiger partial charge in [-0.3, -0.25) is 0 Å². The normalized spacial score (nSPS) is 48.9. The Kier molecular flexibility index (Phi) is 4.00. The van der Waals surface area contributed by atoms with Gasteiger partial charge in [0.25, 0.3) is 0 Å². The molecule has 130 valence electrons. The van der Waals surface area contributed by atoms with Crippen LogP contribution in [0.15, 0.2) is 16.8 Å². The summed E-state index contributed by atoms with van der Waals surface area (Å²) >= 11 is 0. The second kappa shape index (κ2) is 5.92. The predicted octanol–water partition coefficient (Wildman–Crippen LogP) is 4.00. The lowest BCUT2D eigenvalue weighted by atomic mass is 9.49. The summed E-state index contributed by atoms with van der Waals surface area (Å²) < 4.78 is 0. The number of aliphatic hydroxyl groups excluding tert-OH is 1. The Bertz CT molecular complexity index is 616. The molecule has 0 radical (unpaired) electrons. The highest BCUT2D eigenvalue weighted by Crippen LogP contribution is 2.64. The van der Waals surface area contributed by atoms with Gasteiger partial charge in [0.2, 0.25) is 0 Å². The SMILES string of the molecule is C#C[C@@H]1CC[C@H]2[C@@H]3C(O)CC4=C/C(=N/O)CC[C@@H]4[C@H]3CC[C@]12CC. The zero-order valence-corrected chi connectivity index (χ0v) is 14.6. The minimum Gasteiger partial charge on any atom is -0.411 e. The van der Waals surface area contributed by atoms with Crippen molar-refractivity contribution < 1.29 is 10.3 Å². The standard InChI is InChI=1S/C21H29NO2/c1-3-14-5-8-18-20-17(9-10-21(14,18)4-2)16-7-6-15(22-24)11-13(16)12-19(20)23/h1,11,14,16-20,23-24H,4-10,12H2,2H3/b22-15+/t14-,16+,17-,18+,19?,20-,21-/m1/s1. The summed E-state index contributed by atoms with van der Waals surface area (Å²) in [6, 6.07) is 0. The first-order valence-electron chi connectivity index (χ1n) is 9.70. The van der Waals surface area contributed by atoms with Gasteiger partial charge in [-0.05, 0) is 86.5 Å². The lowest BCUT2D eigenvalue weighted by Gasteiger charge is -2.56. The molecule has 4 rings (SSSR count). The second-order valence-corrected chi connectivity index (χ2v) is 8.50. The highest BCUT2D eigenvalue weighted by molar-refractivity contribution is 5.96. The summed E-state index contributed by atoms with van der Waals surface area (Å²) in [5, 5.41) is 23.5. The van der Waals surface area contributed by atoms with Crippen LogP contribution >= 0.6 is 0 Å². The molecule has 24 heavy (non-hydrogen) atoms. The third-order valence-electron chi connectivity index (χ3n) is 8.03. The Morgan fingerprint density at radius 2 is 2.17 bits per heavy atom. The van der Waals surface area contributed by atoms with Gasteiger partial charge in [0.1, 0.15) is 0 Å². The average molecular weight is 327 g/mol. The van der Waals surface area contributed by atoms with E-state index in [4.69, 9.17) is 11.6 Å². The first-order chi connectivity index (χ1) is 11.6. The molecule has 0 bridgehead atoms. The smallest absolute Gasteiger partial charge is 0.0795 e. The third kappa shape index (κ3) is 2.12. The molecule has 3 saturated carbocycles. The number of terminal acetylenes is 1. The molecule has 4 aliphatic rings. The first kappa shape index (κ1) is 16.2. The van der Waals surface area contributed by atoms with E-state index in [-0.39, 0.29) is 11.5 Å². The zero-order chi connectivity index (χ0) is 16.9. The van der Waals surface area contributed by atoms with E-state index in [1.807, 2.05) is 6.08 Å². The van der Waals surface area contributed by atoms with E-state index in [2.05, 4.69) is 18.0 Å². The van der Waals surface area contributed by atoms with E-state index in [1.165, 1.54) is 24.8 Å². The summed E-state index contributed by atoms with van der Waals surface area (Å²) in [4.78, 5) is 0. The van der Waals surface area contributed by atoms with Crippen LogP contribution in [0.2, 0.25) is 0 Å². The van der Waals surface area contributed by atoms with Crippen molar-refractivity contribution in [1.29, 1.82) is 0 Å². The van der Waals surface area contributed by atoms with E-state index in [0.29, 0.717) is 29.6 Å². The molecule has 0 amide bonds. The average Bonchev–Trinajstić information content (AvgIpc) is 2.99. The molecule has 3 fully saturated rings. The molecule has 3 nitrogen and oxygen atoms in total. The van der Waals surface area contributed by atoms with Crippen LogP contribution in [0.4, 0.5) is 0 Å². The molecule has 0 spiro atoms. The van der Waals surface area contributed by atoms with Crippen molar-refractivity contribution in [3.8, 4) is 12.3 Å². The minimum absolute atomic E-state index is 0.261. The molecule has 4 aliphatic carbocycles. The maximum atomic E-state index is 11.0. The number of fused-ring (bicyclic) bond motifs is 5. The van der Waals surface area contributed by atoms with Crippen LogP contribution in [0, 0.1) is 47.3 Å². The lowest BCUT2D eigenvalue weighted by Crippen LogP contribution is -2.52. The number of hydrogen-bond donors (Lipinski definition) is 2. The number of aliphatic hydroxyl groups is 1. The molecule has 0 aliphatic heterocycles. The van der Waals surface area contributed by atoms with Crippen LogP contribution < -0.4 is 0 Å². The maximum Gasteiger partial charge on any atom is 0.0795 e. The number of rotatable bonds is 1. The van der Waals surface area contributed by atoms with Crippen molar-refractivity contribution in [2.45, 2.75) is 64.4 Å². The van der Waals surface area contributed by atoms with E-state index in [9.17, 15) is 5.11 Å². The zero-order valence-electron chi connectivity index (χ0n) is 14.6. The van der Waals surface area contributed by atoms with Crippen molar-refractivity contribution >= 4 is 5.71 Å². The Balaban J connectivity index is 1.68. The van der Waals surface area contributed by atoms with Gasteiger partial charge in [-0.15, -0.1) is 12.3 Å². The Hall–Kier alpha value is -1.27. The Labute approximate surface area is 145 Å². The molecule has 0 heterocycles. The molecule has 7 atom stereocenters. The number of allylic oxidation sites excluding steroid dienone is 1. The molecule has 0 aromatic heterocycles. The van der Waals surface area contributed by atoms with Crippen molar-refractivity contribution in [2.24, 2.45) is 40.2 Å². The van der Waals surface area contributed by atoms with Crippen molar-refractivity contribution in [3.05, 3.63) is 11.6 Å². The quantitative estimate of drug-likeness (QED) is 0.434. The predicted molar refractivity (Wildman–Crippen MR) is 94.6 cm³/mol. The monoisotopic (exact) mass is 327 g/mol. The van der Waals surface area contributed by atoms with Gasteiger partial charge in [0, 0.05) is 5.92 Å². The molecule has 3 heteroatoms. The molecular formula is C21H29NO2. The lowest BCUT2D eigenvalue weighted by molar-refractivity contribution is -0.0864. The van der Waals surface area contributed by atoms with Crippen LogP contribution in [0.25, 0.3) is 0 Å².